The molecular weight excluding hydrogens is 288 g/mol. The second-order valence-corrected chi connectivity index (χ2v) is 7.35. The molecule has 0 aromatic rings. The zero-order valence-corrected chi connectivity index (χ0v) is 14.9. The van der Waals surface area contributed by atoms with E-state index in [1.165, 1.54) is 6.42 Å². The van der Waals surface area contributed by atoms with Gasteiger partial charge in [0.05, 0.1) is 6.10 Å². The van der Waals surface area contributed by atoms with Crippen molar-refractivity contribution < 1.29 is 5.11 Å². The summed E-state index contributed by atoms with van der Waals surface area (Å²) in [7, 11) is 1.82. The van der Waals surface area contributed by atoms with Crippen LogP contribution in [0.2, 0.25) is 0 Å². The van der Waals surface area contributed by atoms with Crippen LogP contribution >= 0.6 is 0 Å². The fraction of sp³-hybridized carbons (Fsp3) is 0.833. The topological polar surface area (TPSA) is 59.9 Å². The van der Waals surface area contributed by atoms with E-state index in [9.17, 15) is 5.11 Å². The first-order valence-electron chi connectivity index (χ1n) is 9.06. The number of nitrogens with zero attached hydrogens (tertiary/aromatic N) is 2. The van der Waals surface area contributed by atoms with Crippen LogP contribution in [0.25, 0.3) is 0 Å². The lowest BCUT2D eigenvalue weighted by Gasteiger charge is -2.39. The van der Waals surface area contributed by atoms with Crippen molar-refractivity contribution in [2.24, 2.45) is 10.4 Å². The fourth-order valence-corrected chi connectivity index (χ4v) is 3.70. The molecule has 23 heavy (non-hydrogen) atoms. The first kappa shape index (κ1) is 18.3. The SMILES string of the molecule is C=CCN1CCC(NC(=NC)NCC2(C)CCCCC2O)CC1. The fourth-order valence-electron chi connectivity index (χ4n) is 3.70. The van der Waals surface area contributed by atoms with Gasteiger partial charge in [-0.2, -0.15) is 0 Å². The Balaban J connectivity index is 1.77. The van der Waals surface area contributed by atoms with Gasteiger partial charge in [0.2, 0.25) is 0 Å². The van der Waals surface area contributed by atoms with Crippen molar-refractivity contribution in [3.05, 3.63) is 12.7 Å². The predicted octanol–water partition coefficient (Wildman–Crippen LogP) is 1.74. The van der Waals surface area contributed by atoms with E-state index in [-0.39, 0.29) is 11.5 Å². The van der Waals surface area contributed by atoms with Crippen molar-refractivity contribution in [2.75, 3.05) is 33.2 Å². The highest BCUT2D eigenvalue weighted by atomic mass is 16.3. The standard InChI is InChI=1S/C18H34N4O/c1-4-11-22-12-8-15(9-13-22)21-17(19-3)20-14-18(2)10-6-5-7-16(18)23/h4,15-16,23H,1,5-14H2,2-3H3,(H2,19,20,21). The number of likely N-dealkylation sites (tertiary alicyclic amines) is 1. The Labute approximate surface area is 141 Å². The van der Waals surface area contributed by atoms with Crippen LogP contribution in [0.1, 0.15) is 45.4 Å². The van der Waals surface area contributed by atoms with E-state index in [2.05, 4.69) is 34.0 Å². The highest BCUT2D eigenvalue weighted by Crippen LogP contribution is 2.35. The molecule has 1 saturated heterocycles. The average molecular weight is 322 g/mol. The maximum absolute atomic E-state index is 10.3. The van der Waals surface area contributed by atoms with Gasteiger partial charge in [0.15, 0.2) is 5.96 Å². The number of guanidine groups is 1. The smallest absolute Gasteiger partial charge is 0.191 e. The number of hydrogen-bond acceptors (Lipinski definition) is 3. The predicted molar refractivity (Wildman–Crippen MR) is 96.7 cm³/mol. The quantitative estimate of drug-likeness (QED) is 0.410. The average Bonchev–Trinajstić information content (AvgIpc) is 2.56. The van der Waals surface area contributed by atoms with E-state index in [1.54, 1.807) is 0 Å². The summed E-state index contributed by atoms with van der Waals surface area (Å²) in [5, 5.41) is 17.3. The van der Waals surface area contributed by atoms with Crippen LogP contribution in [-0.4, -0.2) is 61.3 Å². The number of aliphatic imine (C=N–C) groups is 1. The summed E-state index contributed by atoms with van der Waals surface area (Å²) >= 11 is 0. The highest BCUT2D eigenvalue weighted by Gasteiger charge is 2.35. The maximum Gasteiger partial charge on any atom is 0.191 e. The molecular formula is C18H34N4O. The number of rotatable bonds is 5. The lowest BCUT2D eigenvalue weighted by molar-refractivity contribution is 0.00393. The molecule has 2 rings (SSSR count). The number of aliphatic hydroxyl groups is 1. The molecule has 2 atom stereocenters. The number of nitrogens with one attached hydrogen (secondary N) is 2. The third-order valence-corrected chi connectivity index (χ3v) is 5.48. The molecule has 2 fully saturated rings. The Morgan fingerprint density at radius 2 is 2.09 bits per heavy atom. The Kier molecular flexibility index (Phi) is 6.90. The van der Waals surface area contributed by atoms with Gasteiger partial charge in [-0.1, -0.05) is 25.8 Å². The summed E-state index contributed by atoms with van der Waals surface area (Å²) in [6.07, 6.45) is 8.40. The van der Waals surface area contributed by atoms with Gasteiger partial charge in [0.1, 0.15) is 0 Å². The summed E-state index contributed by atoms with van der Waals surface area (Å²) in [4.78, 5) is 6.79. The normalized spacial score (nSPS) is 30.9. The Morgan fingerprint density at radius 1 is 1.35 bits per heavy atom. The Bertz CT molecular complexity index is 404. The van der Waals surface area contributed by atoms with Gasteiger partial charge in [0.25, 0.3) is 0 Å². The second-order valence-electron chi connectivity index (χ2n) is 7.35. The van der Waals surface area contributed by atoms with E-state index in [0.29, 0.717) is 6.04 Å². The largest absolute Gasteiger partial charge is 0.392 e. The van der Waals surface area contributed by atoms with Crippen molar-refractivity contribution in [3.8, 4) is 0 Å². The molecule has 1 aliphatic carbocycles. The van der Waals surface area contributed by atoms with Crippen LogP contribution in [0.15, 0.2) is 17.6 Å². The number of piperidine rings is 1. The molecule has 1 aliphatic heterocycles. The minimum atomic E-state index is -0.205. The summed E-state index contributed by atoms with van der Waals surface area (Å²) in [5.74, 6) is 0.867. The van der Waals surface area contributed by atoms with Gasteiger partial charge in [-0.25, -0.2) is 0 Å². The molecule has 132 valence electrons. The minimum Gasteiger partial charge on any atom is -0.392 e. The van der Waals surface area contributed by atoms with Crippen molar-refractivity contribution >= 4 is 5.96 Å². The lowest BCUT2D eigenvalue weighted by atomic mass is 9.73. The zero-order chi connectivity index (χ0) is 16.7. The summed E-state index contributed by atoms with van der Waals surface area (Å²) in [6, 6.07) is 0.478. The molecule has 0 amide bonds. The monoisotopic (exact) mass is 322 g/mol. The first-order chi connectivity index (χ1) is 11.1. The molecule has 2 unspecified atom stereocenters. The van der Waals surface area contributed by atoms with E-state index in [4.69, 9.17) is 0 Å². The Morgan fingerprint density at radius 3 is 2.70 bits per heavy atom. The van der Waals surface area contributed by atoms with Gasteiger partial charge in [-0.15, -0.1) is 6.58 Å². The summed E-state index contributed by atoms with van der Waals surface area (Å²) in [5.41, 5.74) is -0.0385. The van der Waals surface area contributed by atoms with E-state index in [1.807, 2.05) is 13.1 Å². The molecule has 0 aromatic carbocycles. The van der Waals surface area contributed by atoms with E-state index in [0.717, 1.165) is 64.2 Å². The molecule has 5 heteroatoms. The van der Waals surface area contributed by atoms with Crippen molar-refractivity contribution in [1.29, 1.82) is 0 Å². The van der Waals surface area contributed by atoms with Crippen LogP contribution in [0.3, 0.4) is 0 Å². The van der Waals surface area contributed by atoms with Gasteiger partial charge in [-0.3, -0.25) is 9.89 Å². The molecule has 1 heterocycles. The molecule has 5 nitrogen and oxygen atoms in total. The van der Waals surface area contributed by atoms with Crippen LogP contribution in [0.5, 0.6) is 0 Å². The van der Waals surface area contributed by atoms with Gasteiger partial charge < -0.3 is 15.7 Å². The third-order valence-electron chi connectivity index (χ3n) is 5.48. The van der Waals surface area contributed by atoms with E-state index < -0.39 is 0 Å². The molecule has 1 saturated carbocycles. The highest BCUT2D eigenvalue weighted by molar-refractivity contribution is 5.80. The second kappa shape index (κ2) is 8.69. The van der Waals surface area contributed by atoms with Crippen LogP contribution in [0.4, 0.5) is 0 Å². The van der Waals surface area contributed by atoms with Crippen molar-refractivity contribution in [1.82, 2.24) is 15.5 Å². The van der Waals surface area contributed by atoms with Crippen molar-refractivity contribution in [3.63, 3.8) is 0 Å². The van der Waals surface area contributed by atoms with Crippen LogP contribution in [-0.2, 0) is 0 Å². The molecule has 3 N–H and O–H groups in total. The van der Waals surface area contributed by atoms with Crippen LogP contribution < -0.4 is 10.6 Å². The van der Waals surface area contributed by atoms with Gasteiger partial charge in [0, 0.05) is 44.7 Å². The lowest BCUT2D eigenvalue weighted by Crippen LogP contribution is -2.52. The number of aliphatic hydroxyl groups excluding tert-OH is 1. The third kappa shape index (κ3) is 5.21. The van der Waals surface area contributed by atoms with Crippen LogP contribution in [0, 0.1) is 5.41 Å². The molecule has 0 bridgehead atoms. The van der Waals surface area contributed by atoms with E-state index >= 15 is 0 Å². The molecule has 0 radical (unpaired) electrons. The summed E-state index contributed by atoms with van der Waals surface area (Å²) < 4.78 is 0. The van der Waals surface area contributed by atoms with Crippen molar-refractivity contribution in [2.45, 2.75) is 57.6 Å². The Hall–Kier alpha value is -1.07. The first-order valence-corrected chi connectivity index (χ1v) is 9.06. The number of hydrogen-bond donors (Lipinski definition) is 3. The minimum absolute atomic E-state index is 0.0385. The zero-order valence-electron chi connectivity index (χ0n) is 14.9. The molecule has 2 aliphatic rings. The van der Waals surface area contributed by atoms with Gasteiger partial charge in [-0.05, 0) is 25.7 Å². The van der Waals surface area contributed by atoms with Gasteiger partial charge >= 0.3 is 0 Å². The maximum atomic E-state index is 10.3. The molecule has 0 spiro atoms. The molecule has 0 aromatic heterocycles. The summed E-state index contributed by atoms with van der Waals surface area (Å²) in [6.45, 7) is 9.97.